The molecule has 0 aliphatic heterocycles. The van der Waals surface area contributed by atoms with Crippen molar-refractivity contribution in [1.29, 1.82) is 0 Å². The van der Waals surface area contributed by atoms with Gasteiger partial charge >= 0.3 is 0 Å². The van der Waals surface area contributed by atoms with Crippen LogP contribution in [0.2, 0.25) is 13.1 Å². The van der Waals surface area contributed by atoms with Gasteiger partial charge in [0.25, 0.3) is 0 Å². The molecule has 0 atom stereocenters. The van der Waals surface area contributed by atoms with Crippen molar-refractivity contribution in [3.05, 3.63) is 29.8 Å². The molecule has 0 saturated heterocycles. The summed E-state index contributed by atoms with van der Waals surface area (Å²) < 4.78 is 0. The van der Waals surface area contributed by atoms with Gasteiger partial charge in [-0.15, -0.1) is 0 Å². The van der Waals surface area contributed by atoms with Gasteiger partial charge in [0.05, 0.1) is 8.80 Å². The van der Waals surface area contributed by atoms with Gasteiger partial charge in [-0.2, -0.15) is 0 Å². The molecular formula is C9H15NSi. The summed E-state index contributed by atoms with van der Waals surface area (Å²) in [5.41, 5.74) is 6.71. The molecule has 11 heavy (non-hydrogen) atoms. The third kappa shape index (κ3) is 2.17. The first-order chi connectivity index (χ1) is 5.24. The largest absolute Gasteiger partial charge is 0.326 e. The van der Waals surface area contributed by atoms with Crippen LogP contribution in [0.4, 0.5) is 0 Å². The van der Waals surface area contributed by atoms with Gasteiger partial charge < -0.3 is 5.73 Å². The topological polar surface area (TPSA) is 26.0 Å². The van der Waals surface area contributed by atoms with Gasteiger partial charge in [-0.25, -0.2) is 0 Å². The second-order valence-corrected chi connectivity index (χ2v) is 6.08. The molecule has 1 nitrogen and oxygen atoms in total. The first-order valence-electron chi connectivity index (χ1n) is 4.03. The van der Waals surface area contributed by atoms with E-state index in [2.05, 4.69) is 37.4 Å². The molecule has 0 aromatic heterocycles. The fourth-order valence-electron chi connectivity index (χ4n) is 1.04. The first-order valence-corrected chi connectivity index (χ1v) is 6.91. The summed E-state index contributed by atoms with van der Waals surface area (Å²) in [6, 6.07) is 8.67. The third-order valence-corrected chi connectivity index (χ3v) is 3.60. The van der Waals surface area contributed by atoms with Gasteiger partial charge in [0, 0.05) is 6.54 Å². The van der Waals surface area contributed by atoms with E-state index in [4.69, 9.17) is 5.73 Å². The Morgan fingerprint density at radius 1 is 1.18 bits per heavy atom. The van der Waals surface area contributed by atoms with Crippen LogP contribution in [-0.4, -0.2) is 8.80 Å². The molecule has 0 saturated carbocycles. The first kappa shape index (κ1) is 8.49. The molecule has 1 rings (SSSR count). The van der Waals surface area contributed by atoms with Crippen LogP contribution >= 0.6 is 0 Å². The van der Waals surface area contributed by atoms with Crippen molar-refractivity contribution in [2.75, 3.05) is 0 Å². The SMILES string of the molecule is C[SiH](C)c1ccc(CN)cc1. The van der Waals surface area contributed by atoms with Gasteiger partial charge in [-0.3, -0.25) is 0 Å². The maximum atomic E-state index is 5.49. The highest BCUT2D eigenvalue weighted by Gasteiger charge is 1.98. The summed E-state index contributed by atoms with van der Waals surface area (Å²) >= 11 is 0. The maximum absolute atomic E-state index is 5.49. The summed E-state index contributed by atoms with van der Waals surface area (Å²) in [7, 11) is -0.601. The molecule has 60 valence electrons. The highest BCUT2D eigenvalue weighted by atomic mass is 28.3. The van der Waals surface area contributed by atoms with Crippen LogP contribution < -0.4 is 10.9 Å². The van der Waals surface area contributed by atoms with Gasteiger partial charge in [0.1, 0.15) is 0 Å². The van der Waals surface area contributed by atoms with Crippen LogP contribution in [0.3, 0.4) is 0 Å². The van der Waals surface area contributed by atoms with Crippen LogP contribution in [0, 0.1) is 0 Å². The quantitative estimate of drug-likeness (QED) is 0.646. The predicted octanol–water partition coefficient (Wildman–Crippen LogP) is 0.839. The van der Waals surface area contributed by atoms with E-state index in [1.54, 1.807) is 0 Å². The number of hydrogen-bond donors (Lipinski definition) is 1. The number of hydrogen-bond acceptors (Lipinski definition) is 1. The second-order valence-electron chi connectivity index (χ2n) is 3.10. The minimum atomic E-state index is -0.601. The number of rotatable bonds is 2. The van der Waals surface area contributed by atoms with E-state index in [0.29, 0.717) is 6.54 Å². The van der Waals surface area contributed by atoms with E-state index in [9.17, 15) is 0 Å². The molecule has 0 amide bonds. The van der Waals surface area contributed by atoms with Crippen molar-refractivity contribution in [1.82, 2.24) is 0 Å². The number of benzene rings is 1. The normalized spacial score (nSPS) is 10.5. The molecule has 0 spiro atoms. The summed E-state index contributed by atoms with van der Waals surface area (Å²) in [6.07, 6.45) is 0. The molecule has 0 aliphatic carbocycles. The lowest BCUT2D eigenvalue weighted by atomic mass is 10.2. The standard InChI is InChI=1S/C9H15NSi/c1-11(2)9-5-3-8(7-10)4-6-9/h3-6,11H,7,10H2,1-2H3. The Balaban J connectivity index is 2.83. The summed E-state index contributed by atoms with van der Waals surface area (Å²) in [4.78, 5) is 0. The van der Waals surface area contributed by atoms with Crippen LogP contribution in [0.25, 0.3) is 0 Å². The lowest BCUT2D eigenvalue weighted by Crippen LogP contribution is -2.22. The minimum Gasteiger partial charge on any atom is -0.326 e. The smallest absolute Gasteiger partial charge is 0.0647 e. The van der Waals surface area contributed by atoms with Gasteiger partial charge in [-0.1, -0.05) is 42.5 Å². The minimum absolute atomic E-state index is 0.601. The highest BCUT2D eigenvalue weighted by Crippen LogP contribution is 1.95. The van der Waals surface area contributed by atoms with Gasteiger partial charge in [0.15, 0.2) is 0 Å². The Kier molecular flexibility index (Phi) is 2.85. The van der Waals surface area contributed by atoms with Crippen molar-refractivity contribution in [2.24, 2.45) is 5.73 Å². The van der Waals surface area contributed by atoms with E-state index in [1.807, 2.05) is 0 Å². The average molecular weight is 165 g/mol. The van der Waals surface area contributed by atoms with Crippen LogP contribution in [0.1, 0.15) is 5.56 Å². The van der Waals surface area contributed by atoms with E-state index in [-0.39, 0.29) is 0 Å². The molecule has 0 fully saturated rings. The van der Waals surface area contributed by atoms with E-state index >= 15 is 0 Å². The monoisotopic (exact) mass is 165 g/mol. The molecule has 0 radical (unpaired) electrons. The van der Waals surface area contributed by atoms with Crippen molar-refractivity contribution in [3.8, 4) is 0 Å². The third-order valence-electron chi connectivity index (χ3n) is 1.88. The Bertz CT molecular complexity index is 216. The lowest BCUT2D eigenvalue weighted by Gasteiger charge is -2.03. The van der Waals surface area contributed by atoms with Crippen LogP contribution in [0.5, 0.6) is 0 Å². The van der Waals surface area contributed by atoms with E-state index in [0.717, 1.165) is 0 Å². The van der Waals surface area contributed by atoms with E-state index < -0.39 is 8.80 Å². The Labute approximate surface area is 69.8 Å². The molecule has 0 unspecified atom stereocenters. The van der Waals surface area contributed by atoms with Crippen molar-refractivity contribution in [2.45, 2.75) is 19.6 Å². The van der Waals surface area contributed by atoms with Crippen LogP contribution in [-0.2, 0) is 6.54 Å². The molecular weight excluding hydrogens is 150 g/mol. The van der Waals surface area contributed by atoms with Gasteiger partial charge in [-0.05, 0) is 5.56 Å². The summed E-state index contributed by atoms with van der Waals surface area (Å²) in [6.45, 7) is 5.31. The highest BCUT2D eigenvalue weighted by molar-refractivity contribution is 6.70. The van der Waals surface area contributed by atoms with Crippen molar-refractivity contribution >= 4 is 14.0 Å². The Morgan fingerprint density at radius 3 is 2.09 bits per heavy atom. The molecule has 0 aliphatic rings. The van der Waals surface area contributed by atoms with Crippen molar-refractivity contribution < 1.29 is 0 Å². The molecule has 0 heterocycles. The Morgan fingerprint density at radius 2 is 1.73 bits per heavy atom. The molecule has 1 aromatic rings. The lowest BCUT2D eigenvalue weighted by molar-refractivity contribution is 1.07. The average Bonchev–Trinajstić information content (AvgIpc) is 2.05. The fraction of sp³-hybridized carbons (Fsp3) is 0.333. The summed E-state index contributed by atoms with van der Waals surface area (Å²) in [5.74, 6) is 0. The molecule has 0 bridgehead atoms. The number of nitrogens with two attached hydrogens (primary N) is 1. The molecule has 2 N–H and O–H groups in total. The molecule has 1 aromatic carbocycles. The maximum Gasteiger partial charge on any atom is 0.0647 e. The fourth-order valence-corrected chi connectivity index (χ4v) is 2.00. The van der Waals surface area contributed by atoms with E-state index in [1.165, 1.54) is 10.8 Å². The van der Waals surface area contributed by atoms with Crippen molar-refractivity contribution in [3.63, 3.8) is 0 Å². The van der Waals surface area contributed by atoms with Crippen LogP contribution in [0.15, 0.2) is 24.3 Å². The zero-order valence-electron chi connectivity index (χ0n) is 7.17. The predicted molar refractivity (Wildman–Crippen MR) is 52.8 cm³/mol. The summed E-state index contributed by atoms with van der Waals surface area (Å²) in [5, 5.41) is 1.52. The van der Waals surface area contributed by atoms with Gasteiger partial charge in [0.2, 0.25) is 0 Å². The molecule has 2 heteroatoms. The zero-order valence-corrected chi connectivity index (χ0v) is 8.33. The second kappa shape index (κ2) is 3.69. The zero-order chi connectivity index (χ0) is 8.27. The Hall–Kier alpha value is -0.603.